The number of benzene rings is 1. The molecule has 2 aromatic rings. The van der Waals surface area contributed by atoms with E-state index in [2.05, 4.69) is 20.5 Å². The van der Waals surface area contributed by atoms with E-state index < -0.39 is 0 Å². The van der Waals surface area contributed by atoms with E-state index in [4.69, 9.17) is 11.6 Å². The lowest BCUT2D eigenvalue weighted by atomic mass is 9.85. The third-order valence-corrected chi connectivity index (χ3v) is 3.54. The van der Waals surface area contributed by atoms with Crippen molar-refractivity contribution in [1.29, 1.82) is 0 Å². The molecule has 0 bridgehead atoms. The zero-order chi connectivity index (χ0) is 13.9. The van der Waals surface area contributed by atoms with Gasteiger partial charge in [0.15, 0.2) is 5.78 Å². The van der Waals surface area contributed by atoms with Gasteiger partial charge in [-0.2, -0.15) is 10.1 Å². The predicted octanol–water partition coefficient (Wildman–Crippen LogP) is 2.90. The van der Waals surface area contributed by atoms with Gasteiger partial charge in [0.1, 0.15) is 6.33 Å². The number of aromatic nitrogens is 3. The molecule has 2 N–H and O–H groups in total. The molecule has 102 valence electrons. The Morgan fingerprint density at radius 1 is 1.25 bits per heavy atom. The van der Waals surface area contributed by atoms with Crippen LogP contribution in [0.3, 0.4) is 0 Å². The second-order valence-electron chi connectivity index (χ2n) is 4.75. The number of rotatable bonds is 3. The Bertz CT molecular complexity index is 634. The van der Waals surface area contributed by atoms with Crippen LogP contribution in [-0.4, -0.2) is 21.0 Å². The number of halogens is 1. The van der Waals surface area contributed by atoms with Crippen LogP contribution in [-0.2, 0) is 4.79 Å². The van der Waals surface area contributed by atoms with Crippen LogP contribution < -0.4 is 5.32 Å². The summed E-state index contributed by atoms with van der Waals surface area (Å²) in [5.74, 6) is 0.814. The van der Waals surface area contributed by atoms with Crippen LogP contribution in [0.5, 0.6) is 0 Å². The van der Waals surface area contributed by atoms with E-state index in [-0.39, 0.29) is 11.7 Å². The molecule has 0 spiro atoms. The molecule has 1 atom stereocenters. The van der Waals surface area contributed by atoms with E-state index in [9.17, 15) is 4.79 Å². The summed E-state index contributed by atoms with van der Waals surface area (Å²) in [7, 11) is 0. The highest BCUT2D eigenvalue weighted by Crippen LogP contribution is 2.32. The van der Waals surface area contributed by atoms with E-state index in [0.717, 1.165) is 17.7 Å². The van der Waals surface area contributed by atoms with Crippen molar-refractivity contribution < 1.29 is 4.79 Å². The van der Waals surface area contributed by atoms with Gasteiger partial charge in [0.05, 0.1) is 0 Å². The highest BCUT2D eigenvalue weighted by atomic mass is 35.5. The fourth-order valence-electron chi connectivity index (χ4n) is 2.37. The molecule has 1 heterocycles. The average molecular weight is 289 g/mol. The van der Waals surface area contributed by atoms with Gasteiger partial charge in [0.25, 0.3) is 0 Å². The summed E-state index contributed by atoms with van der Waals surface area (Å²) >= 11 is 5.89. The van der Waals surface area contributed by atoms with Crippen molar-refractivity contribution in [2.75, 3.05) is 5.32 Å². The molecule has 1 aliphatic rings. The highest BCUT2D eigenvalue weighted by molar-refractivity contribution is 6.30. The molecule has 1 unspecified atom stereocenters. The number of allylic oxidation sites excluding steroid dienone is 2. The van der Waals surface area contributed by atoms with Crippen molar-refractivity contribution in [2.45, 2.75) is 18.8 Å². The number of nitrogens with zero attached hydrogens (tertiary/aromatic N) is 2. The van der Waals surface area contributed by atoms with Crippen LogP contribution in [0.25, 0.3) is 0 Å². The minimum absolute atomic E-state index is 0.109. The van der Waals surface area contributed by atoms with Gasteiger partial charge in [0.2, 0.25) is 5.95 Å². The molecule has 0 fully saturated rings. The number of ketones is 1. The molecule has 5 nitrogen and oxygen atoms in total. The summed E-state index contributed by atoms with van der Waals surface area (Å²) in [5.41, 5.74) is 1.96. The number of H-pyrrole nitrogens is 1. The highest BCUT2D eigenvalue weighted by Gasteiger charge is 2.22. The Kier molecular flexibility index (Phi) is 3.52. The smallest absolute Gasteiger partial charge is 0.222 e. The maximum atomic E-state index is 11.9. The van der Waals surface area contributed by atoms with Gasteiger partial charge in [0, 0.05) is 23.2 Å². The van der Waals surface area contributed by atoms with E-state index >= 15 is 0 Å². The van der Waals surface area contributed by atoms with E-state index in [0.29, 0.717) is 17.4 Å². The summed E-state index contributed by atoms with van der Waals surface area (Å²) in [4.78, 5) is 15.9. The summed E-state index contributed by atoms with van der Waals surface area (Å²) in [6.07, 6.45) is 4.33. The van der Waals surface area contributed by atoms with Gasteiger partial charge in [-0.25, -0.2) is 5.10 Å². The van der Waals surface area contributed by atoms with E-state index in [1.54, 1.807) is 6.08 Å². The van der Waals surface area contributed by atoms with Crippen molar-refractivity contribution in [3.8, 4) is 0 Å². The van der Waals surface area contributed by atoms with Crippen LogP contribution in [0.2, 0.25) is 5.02 Å². The zero-order valence-corrected chi connectivity index (χ0v) is 11.4. The Morgan fingerprint density at radius 3 is 2.75 bits per heavy atom. The molecule has 0 saturated carbocycles. The molecule has 0 aliphatic heterocycles. The molecule has 20 heavy (non-hydrogen) atoms. The standard InChI is InChI=1S/C14H13ClN4O/c15-11-3-1-9(2-4-11)10-5-12(7-13(20)6-10)18-14-16-8-17-19-14/h1-4,7-8,10H,5-6H2,(H2,16,17,18,19). The van der Waals surface area contributed by atoms with Gasteiger partial charge >= 0.3 is 0 Å². The maximum absolute atomic E-state index is 11.9. The Balaban J connectivity index is 1.77. The number of nitrogens with one attached hydrogen (secondary N) is 2. The lowest BCUT2D eigenvalue weighted by Gasteiger charge is -2.22. The molecule has 0 amide bonds. The number of aromatic amines is 1. The summed E-state index contributed by atoms with van der Waals surface area (Å²) in [5, 5.41) is 10.3. The SMILES string of the molecule is O=C1C=C(Nc2ncn[nH]2)CC(c2ccc(Cl)cc2)C1. The molecular weight excluding hydrogens is 276 g/mol. The van der Waals surface area contributed by atoms with Gasteiger partial charge in [-0.1, -0.05) is 23.7 Å². The van der Waals surface area contributed by atoms with Crippen LogP contribution in [0.1, 0.15) is 24.3 Å². The molecule has 0 saturated heterocycles. The largest absolute Gasteiger partial charge is 0.328 e. The summed E-state index contributed by atoms with van der Waals surface area (Å²) in [6.45, 7) is 0. The molecule has 3 rings (SSSR count). The van der Waals surface area contributed by atoms with Crippen LogP contribution in [0.15, 0.2) is 42.4 Å². The van der Waals surface area contributed by atoms with Crippen molar-refractivity contribution in [1.82, 2.24) is 15.2 Å². The Hall–Kier alpha value is -2.14. The number of hydrogen-bond donors (Lipinski definition) is 2. The molecule has 1 aromatic heterocycles. The number of carbonyl (C=O) groups excluding carboxylic acids is 1. The second kappa shape index (κ2) is 5.46. The summed E-state index contributed by atoms with van der Waals surface area (Å²) < 4.78 is 0. The molecule has 1 aliphatic carbocycles. The van der Waals surface area contributed by atoms with E-state index in [1.165, 1.54) is 6.33 Å². The zero-order valence-electron chi connectivity index (χ0n) is 10.6. The summed E-state index contributed by atoms with van der Waals surface area (Å²) in [6, 6.07) is 7.64. The number of carbonyl (C=O) groups is 1. The first kappa shape index (κ1) is 12.9. The Labute approximate surface area is 121 Å². The Morgan fingerprint density at radius 2 is 2.05 bits per heavy atom. The monoisotopic (exact) mass is 288 g/mol. The van der Waals surface area contributed by atoms with Crippen molar-refractivity contribution >= 4 is 23.3 Å². The molecule has 1 aromatic carbocycles. The van der Waals surface area contributed by atoms with Gasteiger partial charge < -0.3 is 5.32 Å². The average Bonchev–Trinajstić information content (AvgIpc) is 2.91. The van der Waals surface area contributed by atoms with Crippen molar-refractivity contribution in [3.05, 3.63) is 53.0 Å². The molecular formula is C14H13ClN4O. The first-order valence-corrected chi connectivity index (χ1v) is 6.70. The molecule has 0 radical (unpaired) electrons. The van der Waals surface area contributed by atoms with Crippen molar-refractivity contribution in [3.63, 3.8) is 0 Å². The lowest BCUT2D eigenvalue weighted by molar-refractivity contribution is -0.115. The topological polar surface area (TPSA) is 70.7 Å². The van der Waals surface area contributed by atoms with Crippen LogP contribution >= 0.6 is 11.6 Å². The van der Waals surface area contributed by atoms with Gasteiger partial charge in [-0.05, 0) is 30.0 Å². The quantitative estimate of drug-likeness (QED) is 0.911. The van der Waals surface area contributed by atoms with E-state index in [1.807, 2.05) is 24.3 Å². The number of anilines is 1. The first-order chi connectivity index (χ1) is 9.70. The fourth-order valence-corrected chi connectivity index (χ4v) is 2.49. The van der Waals surface area contributed by atoms with Gasteiger partial charge in [-0.3, -0.25) is 4.79 Å². The minimum Gasteiger partial charge on any atom is -0.328 e. The minimum atomic E-state index is 0.109. The van der Waals surface area contributed by atoms with Crippen LogP contribution in [0.4, 0.5) is 5.95 Å². The third kappa shape index (κ3) is 2.88. The first-order valence-electron chi connectivity index (χ1n) is 6.32. The number of hydrogen-bond acceptors (Lipinski definition) is 4. The third-order valence-electron chi connectivity index (χ3n) is 3.28. The second-order valence-corrected chi connectivity index (χ2v) is 5.19. The fraction of sp³-hybridized carbons (Fsp3) is 0.214. The normalized spacial score (nSPS) is 18.8. The predicted molar refractivity (Wildman–Crippen MR) is 76.5 cm³/mol. The van der Waals surface area contributed by atoms with Crippen molar-refractivity contribution in [2.24, 2.45) is 0 Å². The lowest BCUT2D eigenvalue weighted by Crippen LogP contribution is -2.17. The van der Waals surface area contributed by atoms with Crippen LogP contribution in [0, 0.1) is 0 Å². The molecule has 6 heteroatoms. The maximum Gasteiger partial charge on any atom is 0.222 e. The van der Waals surface area contributed by atoms with Gasteiger partial charge in [-0.15, -0.1) is 0 Å².